The minimum Gasteiger partial charge on any atom is -0.338 e. The summed E-state index contributed by atoms with van der Waals surface area (Å²) >= 11 is 6.12. The van der Waals surface area contributed by atoms with Crippen LogP contribution in [0.15, 0.2) is 60.9 Å². The van der Waals surface area contributed by atoms with Gasteiger partial charge in [-0.2, -0.15) is 0 Å². The second-order valence-corrected chi connectivity index (χ2v) is 7.55. The van der Waals surface area contributed by atoms with E-state index in [4.69, 9.17) is 11.6 Å². The lowest BCUT2D eigenvalue weighted by atomic mass is 9.86. The van der Waals surface area contributed by atoms with Crippen molar-refractivity contribution in [1.82, 2.24) is 9.97 Å². The first-order valence-corrected chi connectivity index (χ1v) is 8.97. The van der Waals surface area contributed by atoms with Gasteiger partial charge in [-0.25, -0.2) is 9.97 Å². The van der Waals surface area contributed by atoms with Crippen molar-refractivity contribution in [3.8, 4) is 0 Å². The Balaban J connectivity index is 1.75. The van der Waals surface area contributed by atoms with E-state index in [1.165, 1.54) is 12.4 Å². The van der Waals surface area contributed by atoms with Crippen LogP contribution in [-0.4, -0.2) is 15.9 Å². The van der Waals surface area contributed by atoms with E-state index < -0.39 is 0 Å². The van der Waals surface area contributed by atoms with E-state index >= 15 is 0 Å². The molecule has 0 bridgehead atoms. The number of aromatic nitrogens is 2. The molecule has 1 aromatic heterocycles. The Morgan fingerprint density at radius 3 is 2.22 bits per heavy atom. The van der Waals surface area contributed by atoms with Crippen molar-refractivity contribution in [3.63, 3.8) is 0 Å². The van der Waals surface area contributed by atoms with Crippen molar-refractivity contribution in [3.05, 3.63) is 77.2 Å². The molecule has 0 saturated carbocycles. The average molecular weight is 381 g/mol. The van der Waals surface area contributed by atoms with Gasteiger partial charge in [-0.15, -0.1) is 0 Å². The van der Waals surface area contributed by atoms with E-state index in [0.717, 1.165) is 16.9 Å². The van der Waals surface area contributed by atoms with Crippen LogP contribution in [0.5, 0.6) is 0 Å². The average Bonchev–Trinajstić information content (AvgIpc) is 2.64. The lowest BCUT2D eigenvalue weighted by molar-refractivity contribution is 0.102. The van der Waals surface area contributed by atoms with Crippen molar-refractivity contribution in [2.45, 2.75) is 26.2 Å². The molecule has 0 aliphatic carbocycles. The first-order valence-electron chi connectivity index (χ1n) is 8.59. The molecule has 0 spiro atoms. The number of rotatable bonds is 4. The highest BCUT2D eigenvalue weighted by Gasteiger charge is 2.19. The summed E-state index contributed by atoms with van der Waals surface area (Å²) in [5.41, 5.74) is 2.71. The first kappa shape index (κ1) is 18.9. The van der Waals surface area contributed by atoms with E-state index in [2.05, 4.69) is 41.4 Å². The number of hydrogen-bond acceptors (Lipinski definition) is 4. The zero-order chi connectivity index (χ0) is 19.4. The Bertz CT molecular complexity index is 949. The van der Waals surface area contributed by atoms with Gasteiger partial charge < -0.3 is 10.6 Å². The van der Waals surface area contributed by atoms with E-state index in [1.807, 2.05) is 42.5 Å². The predicted molar refractivity (Wildman–Crippen MR) is 110 cm³/mol. The maximum Gasteiger partial charge on any atom is 0.275 e. The second kappa shape index (κ2) is 7.76. The zero-order valence-electron chi connectivity index (χ0n) is 15.5. The number of carbonyl (C=O) groups is 1. The molecular formula is C21H21ClN4O. The number of nitrogens with zero attached hydrogens (tertiary/aromatic N) is 2. The summed E-state index contributed by atoms with van der Waals surface area (Å²) in [6, 6.07) is 15.1. The van der Waals surface area contributed by atoms with Crippen molar-refractivity contribution < 1.29 is 4.79 Å². The highest BCUT2D eigenvalue weighted by Crippen LogP contribution is 2.29. The van der Waals surface area contributed by atoms with Crippen LogP contribution < -0.4 is 10.6 Å². The molecule has 1 heterocycles. The minimum atomic E-state index is -0.302. The number of carbonyl (C=O) groups excluding carboxylic acids is 1. The molecule has 3 rings (SSSR count). The number of nitrogens with one attached hydrogen (secondary N) is 2. The number of halogens is 1. The lowest BCUT2D eigenvalue weighted by Gasteiger charge is -2.22. The van der Waals surface area contributed by atoms with Crippen LogP contribution in [0.3, 0.4) is 0 Å². The summed E-state index contributed by atoms with van der Waals surface area (Å²) in [6.45, 7) is 6.31. The fourth-order valence-electron chi connectivity index (χ4n) is 2.64. The fraction of sp³-hybridized carbons (Fsp3) is 0.190. The van der Waals surface area contributed by atoms with E-state index in [-0.39, 0.29) is 17.0 Å². The van der Waals surface area contributed by atoms with Crippen molar-refractivity contribution in [2.75, 3.05) is 10.6 Å². The number of anilines is 3. The largest absolute Gasteiger partial charge is 0.338 e. The smallest absolute Gasteiger partial charge is 0.275 e. The molecule has 0 unspecified atom stereocenters. The summed E-state index contributed by atoms with van der Waals surface area (Å²) in [6.07, 6.45) is 2.95. The van der Waals surface area contributed by atoms with Gasteiger partial charge in [0.1, 0.15) is 11.5 Å². The topological polar surface area (TPSA) is 66.9 Å². The molecule has 2 aromatic carbocycles. The van der Waals surface area contributed by atoms with E-state index in [9.17, 15) is 4.79 Å². The zero-order valence-corrected chi connectivity index (χ0v) is 16.2. The van der Waals surface area contributed by atoms with Gasteiger partial charge in [-0.3, -0.25) is 4.79 Å². The van der Waals surface area contributed by atoms with Crippen LogP contribution in [0, 0.1) is 0 Å². The van der Waals surface area contributed by atoms with Crippen molar-refractivity contribution >= 4 is 34.7 Å². The summed E-state index contributed by atoms with van der Waals surface area (Å²) in [7, 11) is 0. The molecule has 0 atom stereocenters. The SMILES string of the molecule is CC(C)(C)c1ccccc1NC(=O)c1cnc(Nc2ccccc2Cl)cn1. The van der Waals surface area contributed by atoms with Gasteiger partial charge in [-0.05, 0) is 29.2 Å². The quantitative estimate of drug-likeness (QED) is 0.633. The van der Waals surface area contributed by atoms with Gasteiger partial charge in [0.15, 0.2) is 0 Å². The molecule has 2 N–H and O–H groups in total. The number of hydrogen-bond donors (Lipinski definition) is 2. The van der Waals surface area contributed by atoms with Crippen LogP contribution in [-0.2, 0) is 5.41 Å². The molecule has 3 aromatic rings. The Morgan fingerprint density at radius 1 is 0.926 bits per heavy atom. The van der Waals surface area contributed by atoms with Gasteiger partial charge in [0.25, 0.3) is 5.91 Å². The molecule has 27 heavy (non-hydrogen) atoms. The molecule has 6 heteroatoms. The molecular weight excluding hydrogens is 360 g/mol. The monoisotopic (exact) mass is 380 g/mol. The maximum absolute atomic E-state index is 12.6. The summed E-state index contributed by atoms with van der Waals surface area (Å²) in [5, 5.41) is 6.59. The number of benzene rings is 2. The van der Waals surface area contributed by atoms with Crippen LogP contribution in [0.1, 0.15) is 36.8 Å². The third kappa shape index (κ3) is 4.63. The summed E-state index contributed by atoms with van der Waals surface area (Å²) < 4.78 is 0. The Kier molecular flexibility index (Phi) is 5.42. The van der Waals surface area contributed by atoms with Gasteiger partial charge in [0.2, 0.25) is 0 Å². The molecule has 5 nitrogen and oxygen atoms in total. The molecule has 0 saturated heterocycles. The second-order valence-electron chi connectivity index (χ2n) is 7.14. The van der Waals surface area contributed by atoms with Crippen molar-refractivity contribution in [2.24, 2.45) is 0 Å². The fourth-order valence-corrected chi connectivity index (χ4v) is 2.83. The van der Waals surface area contributed by atoms with Crippen LogP contribution >= 0.6 is 11.6 Å². The Morgan fingerprint density at radius 2 is 1.59 bits per heavy atom. The van der Waals surface area contributed by atoms with Gasteiger partial charge >= 0.3 is 0 Å². The van der Waals surface area contributed by atoms with Crippen molar-refractivity contribution in [1.29, 1.82) is 0 Å². The van der Waals surface area contributed by atoms with Gasteiger partial charge in [0, 0.05) is 5.69 Å². The van der Waals surface area contributed by atoms with Gasteiger partial charge in [-0.1, -0.05) is 62.7 Å². The molecule has 0 fully saturated rings. The standard InChI is InChI=1S/C21H21ClN4O/c1-21(2,3)14-8-4-6-10-16(14)26-20(27)18-12-24-19(13-23-18)25-17-11-7-5-9-15(17)22/h4-13H,1-3H3,(H,24,25)(H,26,27). The number of para-hydroxylation sites is 2. The molecule has 0 radical (unpaired) electrons. The Hall–Kier alpha value is -2.92. The van der Waals surface area contributed by atoms with Crippen LogP contribution in [0.25, 0.3) is 0 Å². The molecule has 138 valence electrons. The number of amides is 1. The first-order chi connectivity index (χ1) is 12.8. The highest BCUT2D eigenvalue weighted by atomic mass is 35.5. The van der Waals surface area contributed by atoms with Gasteiger partial charge in [0.05, 0.1) is 23.1 Å². The molecule has 0 aliphatic rings. The normalized spacial score (nSPS) is 11.1. The van der Waals surface area contributed by atoms with Crippen LogP contribution in [0.2, 0.25) is 5.02 Å². The highest BCUT2D eigenvalue weighted by molar-refractivity contribution is 6.33. The molecule has 1 amide bonds. The van der Waals surface area contributed by atoms with Crippen LogP contribution in [0.4, 0.5) is 17.2 Å². The summed E-state index contributed by atoms with van der Waals surface area (Å²) in [5.74, 6) is 0.207. The third-order valence-electron chi connectivity index (χ3n) is 4.00. The molecule has 0 aliphatic heterocycles. The van der Waals surface area contributed by atoms with E-state index in [0.29, 0.717) is 10.8 Å². The van der Waals surface area contributed by atoms with E-state index in [1.54, 1.807) is 6.07 Å². The predicted octanol–water partition coefficient (Wildman–Crippen LogP) is 5.42. The minimum absolute atomic E-state index is 0.0850. The Labute approximate surface area is 163 Å². The summed E-state index contributed by atoms with van der Waals surface area (Å²) in [4.78, 5) is 21.0. The lowest BCUT2D eigenvalue weighted by Crippen LogP contribution is -2.19. The maximum atomic E-state index is 12.6. The third-order valence-corrected chi connectivity index (χ3v) is 4.33.